The molecule has 1 unspecified atom stereocenters. The fourth-order valence-corrected chi connectivity index (χ4v) is 2.52. The molecule has 0 saturated carbocycles. The fraction of sp³-hybridized carbons (Fsp3) is 0.941. The van der Waals surface area contributed by atoms with Crippen LogP contribution in [0.4, 0.5) is 0 Å². The number of piperazine rings is 1. The minimum absolute atomic E-state index is 0.165. The number of quaternary nitrogens is 1. The molecule has 0 aliphatic carbocycles. The first-order valence-electron chi connectivity index (χ1n) is 8.76. The highest BCUT2D eigenvalue weighted by Gasteiger charge is 2.23. The summed E-state index contributed by atoms with van der Waals surface area (Å²) in [6.45, 7) is 14.9. The topological polar surface area (TPSA) is 32.3 Å². The predicted octanol–water partition coefficient (Wildman–Crippen LogP) is 2.35. The molecule has 1 aliphatic rings. The Balaban J connectivity index is 0.00000191. The monoisotopic (exact) mass is 300 g/mol. The first kappa shape index (κ1) is 20.4. The molecule has 126 valence electrons. The molecule has 1 heterocycles. The van der Waals surface area contributed by atoms with Gasteiger partial charge in [0.15, 0.2) is 0 Å². The maximum Gasteiger partial charge on any atom is 0.222 e. The van der Waals surface area contributed by atoms with Crippen molar-refractivity contribution >= 4 is 5.91 Å². The van der Waals surface area contributed by atoms with Crippen LogP contribution in [0.25, 0.3) is 0 Å². The number of hydrogen-bond donors (Lipinski definition) is 1. The summed E-state index contributed by atoms with van der Waals surface area (Å²) in [6, 6.07) is 0. The number of carbonyl (C=O) groups excluding carboxylic acids is 1. The summed E-state index contributed by atoms with van der Waals surface area (Å²) in [5.41, 5.74) is 0. The molecule has 1 N–H and O–H groups in total. The summed E-state index contributed by atoms with van der Waals surface area (Å²) < 4.78 is 1.14. The van der Waals surface area contributed by atoms with E-state index >= 15 is 0 Å². The quantitative estimate of drug-likeness (QED) is 0.578. The molecule has 21 heavy (non-hydrogen) atoms. The van der Waals surface area contributed by atoms with Gasteiger partial charge in [-0.3, -0.25) is 9.69 Å². The van der Waals surface area contributed by atoms with Gasteiger partial charge in [0.25, 0.3) is 0 Å². The Morgan fingerprint density at radius 3 is 2.33 bits per heavy atom. The third-order valence-corrected chi connectivity index (χ3v) is 4.16. The number of likely N-dealkylation sites (N-methyl/N-ethyl adjacent to an activating group) is 1. The van der Waals surface area contributed by atoms with E-state index in [1.165, 1.54) is 26.2 Å². The molecule has 1 rings (SSSR count). The molecular formula is C17H38N3O+. The lowest BCUT2D eigenvalue weighted by molar-refractivity contribution is -0.894. The lowest BCUT2D eigenvalue weighted by Gasteiger charge is -2.39. The first-order valence-corrected chi connectivity index (χ1v) is 8.76. The van der Waals surface area contributed by atoms with Crippen LogP contribution in [0.15, 0.2) is 0 Å². The molecule has 1 aliphatic heterocycles. The Labute approximate surface area is 132 Å². The van der Waals surface area contributed by atoms with Crippen molar-refractivity contribution < 1.29 is 9.28 Å². The van der Waals surface area contributed by atoms with Crippen molar-refractivity contribution in [1.82, 2.24) is 10.2 Å². The zero-order valence-electron chi connectivity index (χ0n) is 15.2. The second-order valence-electron chi connectivity index (χ2n) is 6.56. The maximum atomic E-state index is 11.7. The van der Waals surface area contributed by atoms with E-state index in [2.05, 4.69) is 31.2 Å². The predicted molar refractivity (Wildman–Crippen MR) is 91.3 cm³/mol. The summed E-state index contributed by atoms with van der Waals surface area (Å²) in [6.07, 6.45) is 3.14. The number of nitrogens with zero attached hydrogens (tertiary/aromatic N) is 2. The molecule has 1 saturated heterocycles. The van der Waals surface area contributed by atoms with Crippen molar-refractivity contribution in [1.29, 1.82) is 0 Å². The van der Waals surface area contributed by atoms with Crippen molar-refractivity contribution in [3.05, 3.63) is 0 Å². The summed E-state index contributed by atoms with van der Waals surface area (Å²) in [4.78, 5) is 14.3. The molecule has 4 heteroatoms. The molecular weight excluding hydrogens is 262 g/mol. The van der Waals surface area contributed by atoms with Gasteiger partial charge in [-0.05, 0) is 12.8 Å². The van der Waals surface area contributed by atoms with Crippen molar-refractivity contribution in [2.24, 2.45) is 5.92 Å². The van der Waals surface area contributed by atoms with Crippen LogP contribution in [-0.4, -0.2) is 68.7 Å². The minimum Gasteiger partial charge on any atom is -0.356 e. The Kier molecular flexibility index (Phi) is 10.7. The Morgan fingerprint density at radius 1 is 1.24 bits per heavy atom. The Hall–Kier alpha value is -0.610. The van der Waals surface area contributed by atoms with Crippen molar-refractivity contribution in [3.8, 4) is 0 Å². The molecule has 1 amide bonds. The van der Waals surface area contributed by atoms with Gasteiger partial charge in [0.05, 0.1) is 27.2 Å². The molecule has 0 spiro atoms. The third-order valence-electron chi connectivity index (χ3n) is 4.16. The fourth-order valence-electron chi connectivity index (χ4n) is 2.52. The highest BCUT2D eigenvalue weighted by atomic mass is 16.1. The van der Waals surface area contributed by atoms with Gasteiger partial charge in [-0.25, -0.2) is 0 Å². The number of carbonyl (C=O) groups is 1. The maximum absolute atomic E-state index is 11.7. The van der Waals surface area contributed by atoms with Gasteiger partial charge < -0.3 is 9.80 Å². The van der Waals surface area contributed by atoms with E-state index in [0.717, 1.165) is 36.8 Å². The molecule has 0 bridgehead atoms. The van der Waals surface area contributed by atoms with Crippen LogP contribution in [0.3, 0.4) is 0 Å². The summed E-state index contributed by atoms with van der Waals surface area (Å²) >= 11 is 0. The third kappa shape index (κ3) is 9.10. The molecule has 4 nitrogen and oxygen atoms in total. The standard InChI is InChI=1S/C15H31N3O.C2H6/c1-5-7-14(2)15(19)16-8-6-9-17-10-12-18(3,4)13-11-17;1-2/h14H,5-13H2,1-4H3;1-2H3/p+1. The molecule has 0 radical (unpaired) electrons. The SMILES string of the molecule is CC.CCCC(C)C(=O)NCCCN1CC[N+](C)(C)CC1. The van der Waals surface area contributed by atoms with Crippen molar-refractivity contribution in [2.45, 2.75) is 47.0 Å². The van der Waals surface area contributed by atoms with Crippen LogP contribution in [0.1, 0.15) is 47.0 Å². The van der Waals surface area contributed by atoms with E-state index in [4.69, 9.17) is 0 Å². The normalized spacial score (nSPS) is 19.3. The van der Waals surface area contributed by atoms with Gasteiger partial charge in [-0.2, -0.15) is 0 Å². The van der Waals surface area contributed by atoms with Gasteiger partial charge in [-0.1, -0.05) is 34.1 Å². The highest BCUT2D eigenvalue weighted by molar-refractivity contribution is 5.78. The van der Waals surface area contributed by atoms with E-state index in [1.54, 1.807) is 0 Å². The van der Waals surface area contributed by atoms with Crippen molar-refractivity contribution in [3.63, 3.8) is 0 Å². The van der Waals surface area contributed by atoms with Gasteiger partial charge in [-0.15, -0.1) is 0 Å². The Morgan fingerprint density at radius 2 is 1.81 bits per heavy atom. The molecule has 1 atom stereocenters. The summed E-state index contributed by atoms with van der Waals surface area (Å²) in [5.74, 6) is 0.386. The summed E-state index contributed by atoms with van der Waals surface area (Å²) in [7, 11) is 4.60. The van der Waals surface area contributed by atoms with Crippen LogP contribution in [0.2, 0.25) is 0 Å². The number of amides is 1. The summed E-state index contributed by atoms with van der Waals surface area (Å²) in [5, 5.41) is 3.05. The van der Waals surface area contributed by atoms with Crippen LogP contribution in [0, 0.1) is 5.92 Å². The average Bonchev–Trinajstić information content (AvgIpc) is 2.47. The largest absolute Gasteiger partial charge is 0.356 e. The number of rotatable bonds is 7. The molecule has 0 aromatic heterocycles. The smallest absolute Gasteiger partial charge is 0.222 e. The van der Waals surface area contributed by atoms with Crippen LogP contribution >= 0.6 is 0 Å². The number of hydrogen-bond acceptors (Lipinski definition) is 2. The van der Waals surface area contributed by atoms with E-state index in [-0.39, 0.29) is 11.8 Å². The zero-order valence-corrected chi connectivity index (χ0v) is 15.2. The van der Waals surface area contributed by atoms with Crippen molar-refractivity contribution in [2.75, 3.05) is 53.4 Å². The van der Waals surface area contributed by atoms with E-state index < -0.39 is 0 Å². The van der Waals surface area contributed by atoms with Gasteiger partial charge in [0.2, 0.25) is 5.91 Å². The zero-order chi connectivity index (χ0) is 16.3. The second-order valence-corrected chi connectivity index (χ2v) is 6.56. The first-order chi connectivity index (χ1) is 9.94. The van der Waals surface area contributed by atoms with Crippen LogP contribution in [0.5, 0.6) is 0 Å². The van der Waals surface area contributed by atoms with Gasteiger partial charge in [0, 0.05) is 32.1 Å². The second kappa shape index (κ2) is 11.0. The lowest BCUT2D eigenvalue weighted by Crippen LogP contribution is -2.54. The van der Waals surface area contributed by atoms with Gasteiger partial charge in [0.1, 0.15) is 0 Å². The van der Waals surface area contributed by atoms with E-state index in [9.17, 15) is 4.79 Å². The minimum atomic E-state index is 0.165. The van der Waals surface area contributed by atoms with E-state index in [0.29, 0.717) is 0 Å². The lowest BCUT2D eigenvalue weighted by atomic mass is 10.1. The van der Waals surface area contributed by atoms with Gasteiger partial charge >= 0.3 is 0 Å². The van der Waals surface area contributed by atoms with Crippen LogP contribution < -0.4 is 5.32 Å². The Bertz CT molecular complexity index is 269. The van der Waals surface area contributed by atoms with Crippen LogP contribution in [-0.2, 0) is 4.79 Å². The molecule has 1 fully saturated rings. The van der Waals surface area contributed by atoms with E-state index in [1.807, 2.05) is 20.8 Å². The highest BCUT2D eigenvalue weighted by Crippen LogP contribution is 2.07. The molecule has 0 aromatic carbocycles. The average molecular weight is 301 g/mol. The molecule has 0 aromatic rings. The number of nitrogens with one attached hydrogen (secondary N) is 1.